The molecule has 3 N–H and O–H groups in total. The third kappa shape index (κ3) is 4.03. The van der Waals surface area contributed by atoms with Crippen LogP contribution in [0, 0.1) is 0 Å². The van der Waals surface area contributed by atoms with Crippen LogP contribution in [0.1, 0.15) is 19.4 Å². The molecule has 0 aromatic carbocycles. The van der Waals surface area contributed by atoms with E-state index in [9.17, 15) is 4.79 Å². The van der Waals surface area contributed by atoms with E-state index in [1.54, 1.807) is 6.20 Å². The van der Waals surface area contributed by atoms with E-state index in [-0.39, 0.29) is 12.5 Å². The van der Waals surface area contributed by atoms with Gasteiger partial charge in [0, 0.05) is 24.8 Å². The summed E-state index contributed by atoms with van der Waals surface area (Å²) in [6.07, 6.45) is 1.73. The summed E-state index contributed by atoms with van der Waals surface area (Å²) in [4.78, 5) is 17.2. The Morgan fingerprint density at radius 3 is 2.88 bits per heavy atom. The van der Waals surface area contributed by atoms with E-state index in [0.29, 0.717) is 6.54 Å². The van der Waals surface area contributed by atoms with Crippen molar-refractivity contribution >= 4 is 11.7 Å². The smallest absolute Gasteiger partial charge is 0.236 e. The summed E-state index contributed by atoms with van der Waals surface area (Å²) in [5.41, 5.74) is 6.31. The number of nitrogens with one attached hydrogen (secondary N) is 1. The van der Waals surface area contributed by atoms with E-state index in [4.69, 9.17) is 5.73 Å². The molecule has 0 aliphatic heterocycles. The van der Waals surface area contributed by atoms with Crippen LogP contribution in [0.3, 0.4) is 0 Å². The summed E-state index contributed by atoms with van der Waals surface area (Å²) in [7, 11) is 0. The molecule has 0 saturated heterocycles. The Bertz CT molecular complexity index is 367. The van der Waals surface area contributed by atoms with Gasteiger partial charge in [-0.3, -0.25) is 4.79 Å². The van der Waals surface area contributed by atoms with Crippen LogP contribution < -0.4 is 16.0 Å². The molecule has 0 radical (unpaired) electrons. The largest absolute Gasteiger partial charge is 0.368 e. The van der Waals surface area contributed by atoms with Gasteiger partial charge >= 0.3 is 0 Å². The van der Waals surface area contributed by atoms with Crippen molar-refractivity contribution in [3.05, 3.63) is 23.9 Å². The Kier molecular flexibility index (Phi) is 5.42. The van der Waals surface area contributed by atoms with Crippen LogP contribution in [-0.4, -0.2) is 30.5 Å². The highest BCUT2D eigenvalue weighted by molar-refractivity contribution is 5.79. The van der Waals surface area contributed by atoms with E-state index in [2.05, 4.69) is 17.2 Å². The van der Waals surface area contributed by atoms with Crippen molar-refractivity contribution in [3.63, 3.8) is 0 Å². The number of anilines is 1. The summed E-state index contributed by atoms with van der Waals surface area (Å²) in [6, 6.07) is 3.91. The normalized spacial score (nSPS) is 10.2. The van der Waals surface area contributed by atoms with E-state index in [1.165, 1.54) is 0 Å². The maximum absolute atomic E-state index is 11.0. The highest BCUT2D eigenvalue weighted by Crippen LogP contribution is 2.16. The second-order valence-corrected chi connectivity index (χ2v) is 3.75. The first-order chi connectivity index (χ1) is 8.19. The minimum Gasteiger partial charge on any atom is -0.368 e. The average molecular weight is 236 g/mol. The molecule has 0 bridgehead atoms. The van der Waals surface area contributed by atoms with Crippen molar-refractivity contribution in [2.75, 3.05) is 24.5 Å². The summed E-state index contributed by atoms with van der Waals surface area (Å²) < 4.78 is 0. The van der Waals surface area contributed by atoms with Crippen molar-refractivity contribution < 1.29 is 4.79 Å². The molecule has 5 nitrogen and oxygen atoms in total. The van der Waals surface area contributed by atoms with Gasteiger partial charge < -0.3 is 16.0 Å². The maximum Gasteiger partial charge on any atom is 0.236 e. The van der Waals surface area contributed by atoms with Gasteiger partial charge in [-0.15, -0.1) is 0 Å². The SMILES string of the molecule is CCNCc1cccnc1N(CC)CC(N)=O. The fourth-order valence-corrected chi connectivity index (χ4v) is 1.64. The summed E-state index contributed by atoms with van der Waals surface area (Å²) in [5, 5.41) is 3.25. The van der Waals surface area contributed by atoms with E-state index in [1.807, 2.05) is 24.0 Å². The zero-order valence-electron chi connectivity index (χ0n) is 10.4. The highest BCUT2D eigenvalue weighted by Gasteiger charge is 2.12. The molecule has 1 heterocycles. The number of primary amides is 1. The number of likely N-dealkylation sites (N-methyl/N-ethyl adjacent to an activating group) is 1. The molecule has 1 aromatic heterocycles. The Balaban J connectivity index is 2.88. The first kappa shape index (κ1) is 13.4. The zero-order valence-corrected chi connectivity index (χ0v) is 10.4. The Hall–Kier alpha value is -1.62. The van der Waals surface area contributed by atoms with Gasteiger partial charge in [-0.05, 0) is 19.5 Å². The van der Waals surface area contributed by atoms with Crippen LogP contribution in [0.25, 0.3) is 0 Å². The van der Waals surface area contributed by atoms with Gasteiger partial charge in [-0.25, -0.2) is 4.98 Å². The lowest BCUT2D eigenvalue weighted by molar-refractivity contribution is -0.116. The van der Waals surface area contributed by atoms with E-state index in [0.717, 1.165) is 24.5 Å². The molecule has 1 rings (SSSR count). The minimum absolute atomic E-state index is 0.201. The molecule has 0 aliphatic rings. The van der Waals surface area contributed by atoms with Crippen molar-refractivity contribution in [1.29, 1.82) is 0 Å². The number of nitrogens with two attached hydrogens (primary N) is 1. The van der Waals surface area contributed by atoms with Gasteiger partial charge in [-0.2, -0.15) is 0 Å². The quantitative estimate of drug-likeness (QED) is 0.723. The molecule has 0 unspecified atom stereocenters. The second kappa shape index (κ2) is 6.85. The number of aromatic nitrogens is 1. The van der Waals surface area contributed by atoms with Crippen LogP contribution in [-0.2, 0) is 11.3 Å². The highest BCUT2D eigenvalue weighted by atomic mass is 16.1. The van der Waals surface area contributed by atoms with E-state index < -0.39 is 0 Å². The summed E-state index contributed by atoms with van der Waals surface area (Å²) in [6.45, 7) is 6.59. The molecular formula is C12H20N4O. The lowest BCUT2D eigenvalue weighted by Crippen LogP contribution is -2.35. The first-order valence-electron chi connectivity index (χ1n) is 5.86. The number of hydrogen-bond donors (Lipinski definition) is 2. The number of carbonyl (C=O) groups excluding carboxylic acids is 1. The Morgan fingerprint density at radius 2 is 2.29 bits per heavy atom. The summed E-state index contributed by atoms with van der Waals surface area (Å²) in [5.74, 6) is 0.488. The molecule has 17 heavy (non-hydrogen) atoms. The minimum atomic E-state index is -0.341. The number of rotatable bonds is 7. The lowest BCUT2D eigenvalue weighted by Gasteiger charge is -2.22. The molecule has 0 aliphatic carbocycles. The van der Waals surface area contributed by atoms with Crippen LogP contribution in [0.15, 0.2) is 18.3 Å². The van der Waals surface area contributed by atoms with Crippen LogP contribution in [0.4, 0.5) is 5.82 Å². The number of nitrogens with zero attached hydrogens (tertiary/aromatic N) is 2. The average Bonchev–Trinajstić information content (AvgIpc) is 2.33. The number of amides is 1. The predicted molar refractivity (Wildman–Crippen MR) is 68.7 cm³/mol. The molecule has 94 valence electrons. The van der Waals surface area contributed by atoms with Gasteiger partial charge in [0.1, 0.15) is 5.82 Å². The fraction of sp³-hybridized carbons (Fsp3) is 0.500. The van der Waals surface area contributed by atoms with Crippen LogP contribution in [0.5, 0.6) is 0 Å². The molecule has 0 saturated carbocycles. The number of carbonyl (C=O) groups is 1. The third-order valence-electron chi connectivity index (χ3n) is 2.46. The van der Waals surface area contributed by atoms with Gasteiger partial charge in [0.25, 0.3) is 0 Å². The molecule has 1 amide bonds. The van der Waals surface area contributed by atoms with Crippen LogP contribution in [0.2, 0.25) is 0 Å². The molecule has 0 atom stereocenters. The summed E-state index contributed by atoms with van der Waals surface area (Å²) >= 11 is 0. The molecule has 0 fully saturated rings. The lowest BCUT2D eigenvalue weighted by atomic mass is 10.2. The van der Waals surface area contributed by atoms with Crippen molar-refractivity contribution in [2.24, 2.45) is 5.73 Å². The van der Waals surface area contributed by atoms with Gasteiger partial charge in [0.2, 0.25) is 5.91 Å². The zero-order chi connectivity index (χ0) is 12.7. The monoisotopic (exact) mass is 236 g/mol. The van der Waals surface area contributed by atoms with Crippen molar-refractivity contribution in [1.82, 2.24) is 10.3 Å². The van der Waals surface area contributed by atoms with Gasteiger partial charge in [-0.1, -0.05) is 13.0 Å². The molecule has 1 aromatic rings. The number of hydrogen-bond acceptors (Lipinski definition) is 4. The Labute approximate surface area is 102 Å². The van der Waals surface area contributed by atoms with Crippen molar-refractivity contribution in [3.8, 4) is 0 Å². The second-order valence-electron chi connectivity index (χ2n) is 3.75. The third-order valence-corrected chi connectivity index (χ3v) is 2.46. The van der Waals surface area contributed by atoms with E-state index >= 15 is 0 Å². The standard InChI is InChI=1S/C12H20N4O/c1-3-14-8-10-6-5-7-15-12(10)16(4-2)9-11(13)17/h5-7,14H,3-4,8-9H2,1-2H3,(H2,13,17). The first-order valence-corrected chi connectivity index (χ1v) is 5.86. The number of pyridine rings is 1. The molecular weight excluding hydrogens is 216 g/mol. The maximum atomic E-state index is 11.0. The Morgan fingerprint density at radius 1 is 1.53 bits per heavy atom. The van der Waals surface area contributed by atoms with Gasteiger partial charge in [0.15, 0.2) is 0 Å². The molecule has 5 heteroatoms. The fourth-order valence-electron chi connectivity index (χ4n) is 1.64. The van der Waals surface area contributed by atoms with Crippen LogP contribution >= 0.6 is 0 Å². The molecule has 0 spiro atoms. The van der Waals surface area contributed by atoms with Crippen molar-refractivity contribution in [2.45, 2.75) is 20.4 Å². The topological polar surface area (TPSA) is 71.2 Å². The predicted octanol–water partition coefficient (Wildman–Crippen LogP) is 0.503. The van der Waals surface area contributed by atoms with Gasteiger partial charge in [0.05, 0.1) is 6.54 Å².